The Balaban J connectivity index is 1.62. The number of rotatable bonds is 7. The molecule has 0 bridgehead atoms. The largest absolute Gasteiger partial charge is 0.320 e. The van der Waals surface area contributed by atoms with Gasteiger partial charge in [0.05, 0.1) is 10.6 Å². The van der Waals surface area contributed by atoms with Crippen molar-refractivity contribution < 1.29 is 9.72 Å². The number of hydrogen-bond donors (Lipinski definition) is 1. The van der Waals surface area contributed by atoms with Crippen molar-refractivity contribution in [1.29, 1.82) is 0 Å². The zero-order chi connectivity index (χ0) is 19.9. The number of carbonyl (C=O) groups is 1. The van der Waals surface area contributed by atoms with E-state index in [4.69, 9.17) is 0 Å². The molecule has 0 fully saturated rings. The smallest absolute Gasteiger partial charge is 0.292 e. The summed E-state index contributed by atoms with van der Waals surface area (Å²) in [5, 5.41) is 17.8. The minimum atomic E-state index is -0.553. The monoisotopic (exact) mass is 379 g/mol. The number of para-hydroxylation sites is 2. The van der Waals surface area contributed by atoms with Crippen LogP contribution in [0.15, 0.2) is 65.7 Å². The van der Waals surface area contributed by atoms with Gasteiger partial charge in [0, 0.05) is 43.1 Å². The molecule has 3 rings (SSSR count). The highest BCUT2D eigenvalue weighted by Crippen LogP contribution is 2.23. The molecular formula is C19H17N5O4. The SMILES string of the molecule is O=C(CCCn1nc(-c2cccnc2)ccc1=O)Nc1ccccc1[N+](=O)[O-]. The number of nitrogens with zero attached hydrogens (tertiary/aromatic N) is 4. The molecule has 9 heteroatoms. The second kappa shape index (κ2) is 8.67. The van der Waals surface area contributed by atoms with E-state index in [9.17, 15) is 19.7 Å². The van der Waals surface area contributed by atoms with Crippen LogP contribution >= 0.6 is 0 Å². The molecule has 28 heavy (non-hydrogen) atoms. The summed E-state index contributed by atoms with van der Waals surface area (Å²) in [7, 11) is 0. The molecule has 0 unspecified atom stereocenters. The summed E-state index contributed by atoms with van der Waals surface area (Å²) in [6, 6.07) is 12.6. The molecule has 0 atom stereocenters. The quantitative estimate of drug-likeness (QED) is 0.498. The summed E-state index contributed by atoms with van der Waals surface area (Å²) in [5.74, 6) is -0.370. The van der Waals surface area contributed by atoms with E-state index in [1.807, 2.05) is 6.07 Å². The molecule has 0 spiro atoms. The Morgan fingerprint density at radius 3 is 2.71 bits per heavy atom. The molecule has 9 nitrogen and oxygen atoms in total. The zero-order valence-corrected chi connectivity index (χ0v) is 14.8. The van der Waals surface area contributed by atoms with Crippen LogP contribution in [0.1, 0.15) is 12.8 Å². The van der Waals surface area contributed by atoms with Crippen molar-refractivity contribution >= 4 is 17.3 Å². The lowest BCUT2D eigenvalue weighted by Crippen LogP contribution is -2.23. The van der Waals surface area contributed by atoms with Crippen LogP contribution < -0.4 is 10.9 Å². The van der Waals surface area contributed by atoms with Gasteiger partial charge in [0.15, 0.2) is 0 Å². The van der Waals surface area contributed by atoms with Crippen molar-refractivity contribution in [3.63, 3.8) is 0 Å². The molecule has 1 amide bonds. The number of nitro benzene ring substituents is 1. The van der Waals surface area contributed by atoms with Gasteiger partial charge in [0.2, 0.25) is 5.91 Å². The van der Waals surface area contributed by atoms with Gasteiger partial charge in [-0.05, 0) is 30.7 Å². The number of aryl methyl sites for hydroxylation is 1. The minimum Gasteiger partial charge on any atom is -0.320 e. The maximum atomic E-state index is 12.1. The molecule has 0 aliphatic carbocycles. The fourth-order valence-electron chi connectivity index (χ4n) is 2.62. The number of pyridine rings is 1. The van der Waals surface area contributed by atoms with Crippen LogP contribution in [0.3, 0.4) is 0 Å². The number of aromatic nitrogens is 3. The molecule has 0 radical (unpaired) electrons. The molecule has 142 valence electrons. The van der Waals surface area contributed by atoms with Crippen molar-refractivity contribution in [1.82, 2.24) is 14.8 Å². The first-order valence-electron chi connectivity index (χ1n) is 8.56. The van der Waals surface area contributed by atoms with Gasteiger partial charge in [-0.25, -0.2) is 4.68 Å². The first-order chi connectivity index (χ1) is 13.5. The van der Waals surface area contributed by atoms with Gasteiger partial charge in [0.25, 0.3) is 11.2 Å². The first kappa shape index (κ1) is 18.9. The molecule has 0 saturated heterocycles. The van der Waals surface area contributed by atoms with Gasteiger partial charge >= 0.3 is 0 Å². The van der Waals surface area contributed by atoms with E-state index in [-0.39, 0.29) is 35.8 Å². The van der Waals surface area contributed by atoms with Gasteiger partial charge < -0.3 is 5.32 Å². The highest BCUT2D eigenvalue weighted by Gasteiger charge is 2.14. The zero-order valence-electron chi connectivity index (χ0n) is 14.8. The van der Waals surface area contributed by atoms with Crippen molar-refractivity contribution in [3.8, 4) is 11.3 Å². The lowest BCUT2D eigenvalue weighted by atomic mass is 10.2. The Bertz CT molecular complexity index is 1050. The van der Waals surface area contributed by atoms with Gasteiger partial charge in [0.1, 0.15) is 5.69 Å². The maximum Gasteiger partial charge on any atom is 0.292 e. The van der Waals surface area contributed by atoms with Crippen LogP contribution in [0.25, 0.3) is 11.3 Å². The Morgan fingerprint density at radius 2 is 1.96 bits per heavy atom. The van der Waals surface area contributed by atoms with E-state index < -0.39 is 4.92 Å². The Labute approximate surface area is 159 Å². The van der Waals surface area contributed by atoms with E-state index in [2.05, 4.69) is 15.4 Å². The number of anilines is 1. The third-order valence-electron chi connectivity index (χ3n) is 3.97. The van der Waals surface area contributed by atoms with Gasteiger partial charge in [-0.15, -0.1) is 0 Å². The summed E-state index contributed by atoms with van der Waals surface area (Å²) >= 11 is 0. The van der Waals surface area contributed by atoms with Crippen molar-refractivity contribution in [2.24, 2.45) is 0 Å². The molecule has 1 N–H and O–H groups in total. The normalized spacial score (nSPS) is 10.4. The van der Waals surface area contributed by atoms with Crippen LogP contribution in [0.5, 0.6) is 0 Å². The Morgan fingerprint density at radius 1 is 1.14 bits per heavy atom. The first-order valence-corrected chi connectivity index (χ1v) is 8.56. The van der Waals surface area contributed by atoms with Crippen LogP contribution in [0.4, 0.5) is 11.4 Å². The van der Waals surface area contributed by atoms with Crippen molar-refractivity contribution in [2.75, 3.05) is 5.32 Å². The predicted octanol–water partition coefficient (Wildman–Crippen LogP) is 2.63. The molecule has 0 aliphatic heterocycles. The highest BCUT2D eigenvalue weighted by molar-refractivity contribution is 5.92. The van der Waals surface area contributed by atoms with Crippen molar-refractivity contribution in [2.45, 2.75) is 19.4 Å². The summed E-state index contributed by atoms with van der Waals surface area (Å²) in [5.41, 5.74) is 1.10. The minimum absolute atomic E-state index is 0.0945. The second-order valence-electron chi connectivity index (χ2n) is 5.95. The summed E-state index contributed by atoms with van der Waals surface area (Å²) in [6.45, 7) is 0.247. The number of nitro groups is 1. The van der Waals surface area contributed by atoms with E-state index >= 15 is 0 Å². The van der Waals surface area contributed by atoms with Gasteiger partial charge in [-0.2, -0.15) is 5.10 Å². The maximum absolute atomic E-state index is 12.1. The Hall–Kier alpha value is -3.88. The molecule has 0 saturated carbocycles. The van der Waals surface area contributed by atoms with E-state index in [0.717, 1.165) is 5.56 Å². The van der Waals surface area contributed by atoms with E-state index in [1.165, 1.54) is 28.9 Å². The van der Waals surface area contributed by atoms with Crippen LogP contribution in [0.2, 0.25) is 0 Å². The van der Waals surface area contributed by atoms with Gasteiger partial charge in [-0.3, -0.25) is 24.7 Å². The van der Waals surface area contributed by atoms with Crippen LogP contribution in [0, 0.1) is 10.1 Å². The molecule has 1 aromatic carbocycles. The number of hydrogen-bond acceptors (Lipinski definition) is 6. The summed E-state index contributed by atoms with van der Waals surface area (Å²) in [6.07, 6.45) is 3.75. The standard InChI is InChI=1S/C19H17N5O4/c25-18(21-16-6-1-2-7-17(16)24(27)28)8-4-12-23-19(26)10-9-15(22-23)14-5-3-11-20-13-14/h1-3,5-7,9-11,13H,4,8,12H2,(H,21,25). The molecule has 0 aliphatic rings. The fourth-order valence-corrected chi connectivity index (χ4v) is 2.62. The summed E-state index contributed by atoms with van der Waals surface area (Å²) in [4.78, 5) is 38.6. The van der Waals surface area contributed by atoms with Crippen LogP contribution in [-0.2, 0) is 11.3 Å². The second-order valence-corrected chi connectivity index (χ2v) is 5.95. The average molecular weight is 379 g/mol. The van der Waals surface area contributed by atoms with Gasteiger partial charge in [-0.1, -0.05) is 12.1 Å². The molecule has 2 heterocycles. The number of carbonyl (C=O) groups excluding carboxylic acids is 1. The average Bonchev–Trinajstić information content (AvgIpc) is 2.70. The number of benzene rings is 1. The third-order valence-corrected chi connectivity index (χ3v) is 3.97. The summed E-state index contributed by atoms with van der Waals surface area (Å²) < 4.78 is 1.29. The lowest BCUT2D eigenvalue weighted by molar-refractivity contribution is -0.383. The number of amides is 1. The number of nitrogens with one attached hydrogen (secondary N) is 1. The van der Waals surface area contributed by atoms with Crippen molar-refractivity contribution in [3.05, 3.63) is 81.4 Å². The Kier molecular flexibility index (Phi) is 5.85. The molecule has 2 aromatic heterocycles. The predicted molar refractivity (Wildman–Crippen MR) is 103 cm³/mol. The highest BCUT2D eigenvalue weighted by atomic mass is 16.6. The molecular weight excluding hydrogens is 362 g/mol. The van der Waals surface area contributed by atoms with E-state index in [1.54, 1.807) is 30.6 Å². The third kappa shape index (κ3) is 4.64. The van der Waals surface area contributed by atoms with E-state index in [0.29, 0.717) is 12.1 Å². The van der Waals surface area contributed by atoms with Crippen LogP contribution in [-0.4, -0.2) is 25.6 Å². The lowest BCUT2D eigenvalue weighted by Gasteiger charge is -2.08. The fraction of sp³-hybridized carbons (Fsp3) is 0.158. The topological polar surface area (TPSA) is 120 Å². The molecule has 3 aromatic rings.